The number of carbonyl (C=O) groups is 4. The molecule has 0 spiro atoms. The summed E-state index contributed by atoms with van der Waals surface area (Å²) in [4.78, 5) is 45.7. The minimum atomic E-state index is -0.474. The van der Waals surface area contributed by atoms with E-state index < -0.39 is 5.78 Å². The van der Waals surface area contributed by atoms with Crippen molar-refractivity contribution in [3.63, 3.8) is 0 Å². The third-order valence-electron chi connectivity index (χ3n) is 3.81. The van der Waals surface area contributed by atoms with Gasteiger partial charge in [-0.1, -0.05) is 46.4 Å². The molecule has 5 nitrogen and oxygen atoms in total. The maximum atomic E-state index is 12.1. The van der Waals surface area contributed by atoms with Crippen molar-refractivity contribution >= 4 is 69.5 Å². The number of hydrogen-bond acceptors (Lipinski definition) is 5. The lowest BCUT2D eigenvalue weighted by molar-refractivity contribution is -0.116. The van der Waals surface area contributed by atoms with Gasteiger partial charge in [0.2, 0.25) is 5.78 Å². The Morgan fingerprint density at radius 3 is 1.75 bits per heavy atom. The lowest BCUT2D eigenvalue weighted by atomic mass is 10.0. The third kappa shape index (κ3) is 8.75. The second-order valence-electron chi connectivity index (χ2n) is 6.42. The van der Waals surface area contributed by atoms with Crippen molar-refractivity contribution < 1.29 is 23.9 Å². The molecule has 0 aliphatic heterocycles. The zero-order valence-electron chi connectivity index (χ0n) is 17.5. The SMILES string of the molecule is CC(=O)CC(=O)c1ccc(Cl)cc1Cl.CCOC=C(C(C)=O)C(=O)c1ccc(Cl)cc1Cl. The fourth-order valence-corrected chi connectivity index (χ4v) is 3.33. The molecule has 0 radical (unpaired) electrons. The van der Waals surface area contributed by atoms with Gasteiger partial charge in [0.1, 0.15) is 5.78 Å². The highest BCUT2D eigenvalue weighted by Gasteiger charge is 2.19. The quantitative estimate of drug-likeness (QED) is 0.126. The van der Waals surface area contributed by atoms with E-state index in [1.807, 2.05) is 0 Å². The number of hydrogen-bond donors (Lipinski definition) is 0. The van der Waals surface area contributed by atoms with Crippen molar-refractivity contribution in [2.24, 2.45) is 0 Å². The van der Waals surface area contributed by atoms with Gasteiger partial charge >= 0.3 is 0 Å². The molecule has 0 fully saturated rings. The zero-order chi connectivity index (χ0) is 24.4. The van der Waals surface area contributed by atoms with Crippen molar-refractivity contribution in [3.8, 4) is 0 Å². The molecule has 32 heavy (non-hydrogen) atoms. The molecule has 170 valence electrons. The number of carbonyl (C=O) groups excluding carboxylic acids is 4. The van der Waals surface area contributed by atoms with Crippen molar-refractivity contribution in [1.29, 1.82) is 0 Å². The number of halogens is 4. The topological polar surface area (TPSA) is 77.5 Å². The number of Topliss-reactive ketones (excluding diaryl/α,β-unsaturated/α-hetero) is 4. The highest BCUT2D eigenvalue weighted by atomic mass is 35.5. The summed E-state index contributed by atoms with van der Waals surface area (Å²) in [7, 11) is 0. The van der Waals surface area contributed by atoms with Crippen LogP contribution in [0, 0.1) is 0 Å². The average molecular weight is 518 g/mol. The van der Waals surface area contributed by atoms with Crippen LogP contribution >= 0.6 is 46.4 Å². The summed E-state index contributed by atoms with van der Waals surface area (Å²) in [5, 5.41) is 1.38. The van der Waals surface area contributed by atoms with Crippen LogP contribution in [-0.4, -0.2) is 29.7 Å². The smallest absolute Gasteiger partial charge is 0.201 e. The average Bonchev–Trinajstić information content (AvgIpc) is 2.67. The van der Waals surface area contributed by atoms with Gasteiger partial charge in [-0.2, -0.15) is 0 Å². The van der Waals surface area contributed by atoms with Crippen molar-refractivity contribution in [3.05, 3.63) is 79.5 Å². The summed E-state index contributed by atoms with van der Waals surface area (Å²) in [6.45, 7) is 4.79. The van der Waals surface area contributed by atoms with Gasteiger partial charge in [0.15, 0.2) is 11.6 Å². The normalized spacial score (nSPS) is 10.7. The molecule has 0 aliphatic rings. The van der Waals surface area contributed by atoms with Gasteiger partial charge in [-0.05, 0) is 57.2 Å². The van der Waals surface area contributed by atoms with Crippen molar-refractivity contribution in [2.75, 3.05) is 6.61 Å². The van der Waals surface area contributed by atoms with Crippen LogP contribution in [0.4, 0.5) is 0 Å². The highest BCUT2D eigenvalue weighted by molar-refractivity contribution is 6.39. The molecule has 2 rings (SSSR count). The second-order valence-corrected chi connectivity index (χ2v) is 8.11. The summed E-state index contributed by atoms with van der Waals surface area (Å²) in [6, 6.07) is 9.05. The first kappa shape index (κ1) is 27.9. The number of benzene rings is 2. The van der Waals surface area contributed by atoms with Gasteiger partial charge < -0.3 is 4.74 Å². The number of ether oxygens (including phenoxy) is 1. The van der Waals surface area contributed by atoms with Crippen LogP contribution in [0.1, 0.15) is 47.9 Å². The van der Waals surface area contributed by atoms with Gasteiger partial charge in [-0.3, -0.25) is 19.2 Å². The molecule has 2 aromatic rings. The van der Waals surface area contributed by atoms with E-state index in [2.05, 4.69) is 0 Å². The molecule has 0 unspecified atom stereocenters. The highest BCUT2D eigenvalue weighted by Crippen LogP contribution is 2.24. The van der Waals surface area contributed by atoms with Crippen LogP contribution in [0.2, 0.25) is 20.1 Å². The van der Waals surface area contributed by atoms with Gasteiger partial charge in [0.25, 0.3) is 0 Å². The van der Waals surface area contributed by atoms with E-state index in [9.17, 15) is 19.2 Å². The standard InChI is InChI=1S/C13H12Cl2O3.C10H8Cl2O2/c1-3-18-7-11(8(2)16)13(17)10-5-4-9(14)6-12(10)15;1-6(13)4-10(14)8-3-2-7(11)5-9(8)12/h4-7H,3H2,1-2H3;2-3,5H,4H2,1H3. The van der Waals surface area contributed by atoms with E-state index in [4.69, 9.17) is 51.1 Å². The Morgan fingerprint density at radius 1 is 0.844 bits per heavy atom. The Balaban J connectivity index is 0.000000330. The summed E-state index contributed by atoms with van der Waals surface area (Å²) < 4.78 is 4.99. The molecule has 2 aromatic carbocycles. The largest absolute Gasteiger partial charge is 0.501 e. The first-order valence-corrected chi connectivity index (χ1v) is 10.8. The maximum Gasteiger partial charge on any atom is 0.201 e. The number of allylic oxidation sites excluding steroid dienone is 1. The maximum absolute atomic E-state index is 12.1. The predicted octanol–water partition coefficient (Wildman–Crippen LogP) is 6.84. The molecule has 0 bridgehead atoms. The molecule has 0 saturated carbocycles. The Morgan fingerprint density at radius 2 is 1.34 bits per heavy atom. The van der Waals surface area contributed by atoms with Crippen LogP contribution < -0.4 is 0 Å². The minimum absolute atomic E-state index is 0.0407. The van der Waals surface area contributed by atoms with Crippen LogP contribution in [0.5, 0.6) is 0 Å². The van der Waals surface area contributed by atoms with Crippen LogP contribution in [0.15, 0.2) is 48.2 Å². The fraction of sp³-hybridized carbons (Fsp3) is 0.217. The minimum Gasteiger partial charge on any atom is -0.501 e. The van der Waals surface area contributed by atoms with Crippen molar-refractivity contribution in [2.45, 2.75) is 27.2 Å². The molecule has 0 heterocycles. The van der Waals surface area contributed by atoms with Gasteiger partial charge in [-0.25, -0.2) is 0 Å². The fourth-order valence-electron chi connectivity index (χ4n) is 2.32. The van der Waals surface area contributed by atoms with Gasteiger partial charge in [0, 0.05) is 21.2 Å². The Bertz CT molecular complexity index is 1060. The van der Waals surface area contributed by atoms with E-state index in [1.165, 1.54) is 38.1 Å². The third-order valence-corrected chi connectivity index (χ3v) is 4.90. The van der Waals surface area contributed by atoms with Crippen LogP contribution in [-0.2, 0) is 14.3 Å². The van der Waals surface area contributed by atoms with Gasteiger partial charge in [0.05, 0.1) is 34.9 Å². The van der Waals surface area contributed by atoms with E-state index in [-0.39, 0.29) is 45.0 Å². The van der Waals surface area contributed by atoms with Crippen LogP contribution in [0.25, 0.3) is 0 Å². The van der Waals surface area contributed by atoms with Crippen LogP contribution in [0.3, 0.4) is 0 Å². The van der Waals surface area contributed by atoms with Gasteiger partial charge in [-0.15, -0.1) is 0 Å². The Kier molecular flexibility index (Phi) is 11.7. The molecule has 0 atom stereocenters. The monoisotopic (exact) mass is 516 g/mol. The summed E-state index contributed by atoms with van der Waals surface area (Å²) in [5.41, 5.74) is 0.523. The molecule has 0 amide bonds. The van der Waals surface area contributed by atoms with E-state index in [1.54, 1.807) is 19.1 Å². The molecule has 0 aromatic heterocycles. The predicted molar refractivity (Wildman–Crippen MR) is 127 cm³/mol. The Labute approximate surface area is 206 Å². The number of rotatable bonds is 8. The second kappa shape index (κ2) is 13.4. The lowest BCUT2D eigenvalue weighted by Crippen LogP contribution is -2.11. The molecule has 0 aliphatic carbocycles. The molecular weight excluding hydrogens is 498 g/mol. The first-order valence-electron chi connectivity index (χ1n) is 9.28. The summed E-state index contributed by atoms with van der Waals surface area (Å²) in [5.74, 6) is -1.31. The van der Waals surface area contributed by atoms with Crippen molar-refractivity contribution in [1.82, 2.24) is 0 Å². The van der Waals surface area contributed by atoms with E-state index >= 15 is 0 Å². The van der Waals surface area contributed by atoms with E-state index in [0.29, 0.717) is 22.2 Å². The van der Waals surface area contributed by atoms with E-state index in [0.717, 1.165) is 6.26 Å². The Hall–Kier alpha value is -2.18. The zero-order valence-corrected chi connectivity index (χ0v) is 20.5. The summed E-state index contributed by atoms with van der Waals surface area (Å²) in [6.07, 6.45) is 1.04. The molecule has 9 heteroatoms. The lowest BCUT2D eigenvalue weighted by Gasteiger charge is -2.06. The first-order chi connectivity index (χ1) is 15.0. The summed E-state index contributed by atoms with van der Waals surface area (Å²) >= 11 is 23.1. The molecule has 0 N–H and O–H groups in total. The molecule has 0 saturated heterocycles. The molecular formula is C23H20Cl4O5. The number of ketones is 4.